The number of benzene rings is 1. The van der Waals surface area contributed by atoms with E-state index >= 15 is 0 Å². The summed E-state index contributed by atoms with van der Waals surface area (Å²) in [4.78, 5) is 14.4. The summed E-state index contributed by atoms with van der Waals surface area (Å²) in [6, 6.07) is 7.35. The summed E-state index contributed by atoms with van der Waals surface area (Å²) in [5.41, 5.74) is 0.284. The number of nitrogens with zero attached hydrogens (tertiary/aromatic N) is 1. The van der Waals surface area contributed by atoms with Crippen molar-refractivity contribution in [1.82, 2.24) is 4.90 Å². The molecular weight excluding hydrogens is 333 g/mol. The topological polar surface area (TPSA) is 38.8 Å². The Labute approximate surface area is 155 Å². The quantitative estimate of drug-likeness (QED) is 0.712. The molecule has 2 saturated heterocycles. The normalized spacial score (nSPS) is 25.4. The predicted molar refractivity (Wildman–Crippen MR) is 98.6 cm³/mol. The summed E-state index contributed by atoms with van der Waals surface area (Å²) in [5.74, 6) is -0.142. The molecule has 0 aromatic heterocycles. The number of rotatable bonds is 5. The largest absolute Gasteiger partial charge is 0.444 e. The highest BCUT2D eigenvalue weighted by molar-refractivity contribution is 5.69. The number of ether oxygens (including phenoxy) is 2. The Kier molecular flexibility index (Phi) is 5.86. The van der Waals surface area contributed by atoms with Crippen LogP contribution in [0.25, 0.3) is 0 Å². The second kappa shape index (κ2) is 7.95. The summed E-state index contributed by atoms with van der Waals surface area (Å²) in [7, 11) is 0. The zero-order chi connectivity index (χ0) is 18.7. The molecule has 1 aromatic rings. The van der Waals surface area contributed by atoms with Gasteiger partial charge in [0.25, 0.3) is 0 Å². The van der Waals surface area contributed by atoms with Gasteiger partial charge in [-0.2, -0.15) is 0 Å². The van der Waals surface area contributed by atoms with Crippen LogP contribution in [-0.4, -0.2) is 41.4 Å². The lowest BCUT2D eigenvalue weighted by atomic mass is 10.00. The highest BCUT2D eigenvalue weighted by atomic mass is 19.1. The first-order valence-corrected chi connectivity index (χ1v) is 9.70. The van der Waals surface area contributed by atoms with Gasteiger partial charge in [-0.05, 0) is 70.9 Å². The third-order valence-electron chi connectivity index (χ3n) is 5.20. The Balaban J connectivity index is 1.44. The third-order valence-corrected chi connectivity index (χ3v) is 5.20. The minimum absolute atomic E-state index is 0.142. The molecule has 0 radical (unpaired) electrons. The van der Waals surface area contributed by atoms with Crippen LogP contribution in [0.15, 0.2) is 24.3 Å². The number of hydrogen-bond donors (Lipinski definition) is 0. The second-order valence-electron chi connectivity index (χ2n) is 8.43. The minimum Gasteiger partial charge on any atom is -0.444 e. The van der Waals surface area contributed by atoms with Crippen LogP contribution in [0.5, 0.6) is 0 Å². The highest BCUT2D eigenvalue weighted by Crippen LogP contribution is 2.37. The van der Waals surface area contributed by atoms with Crippen molar-refractivity contribution in [3.05, 3.63) is 35.6 Å². The standard InChI is InChI=1S/C21H30FNO3/c1-21(2,3)26-20(24)23-16-10-11-17(23)14-18(13-16)25-12-6-8-15-7-4-5-9-19(15)22/h4-5,7,9,16-18H,6,8,10-14H2,1-3H3/t16-,17+,18?. The lowest BCUT2D eigenvalue weighted by Gasteiger charge is -2.39. The molecule has 2 aliphatic heterocycles. The number of carbonyl (C=O) groups is 1. The third kappa shape index (κ3) is 4.76. The van der Waals surface area contributed by atoms with E-state index in [2.05, 4.69) is 0 Å². The molecule has 3 atom stereocenters. The van der Waals surface area contributed by atoms with Gasteiger partial charge in [-0.3, -0.25) is 0 Å². The number of halogens is 1. The molecule has 1 amide bonds. The van der Waals surface area contributed by atoms with Gasteiger partial charge in [-0.1, -0.05) is 18.2 Å². The Morgan fingerprint density at radius 3 is 2.46 bits per heavy atom. The molecule has 0 saturated carbocycles. The molecule has 0 aliphatic carbocycles. The van der Waals surface area contributed by atoms with Crippen molar-refractivity contribution in [2.75, 3.05) is 6.61 Å². The van der Waals surface area contributed by atoms with Gasteiger partial charge in [0.1, 0.15) is 11.4 Å². The molecule has 0 N–H and O–H groups in total. The predicted octanol–water partition coefficient (Wildman–Crippen LogP) is 4.71. The fraction of sp³-hybridized carbons (Fsp3) is 0.667. The lowest BCUT2D eigenvalue weighted by molar-refractivity contribution is -0.0347. The minimum atomic E-state index is -0.462. The van der Waals surface area contributed by atoms with Crippen LogP contribution in [0.4, 0.5) is 9.18 Å². The number of amides is 1. The molecule has 1 unspecified atom stereocenters. The number of carbonyl (C=O) groups excluding carboxylic acids is 1. The van der Waals surface area contributed by atoms with E-state index in [0.717, 1.165) is 37.7 Å². The van der Waals surface area contributed by atoms with Gasteiger partial charge >= 0.3 is 6.09 Å². The summed E-state index contributed by atoms with van der Waals surface area (Å²) >= 11 is 0. The van der Waals surface area contributed by atoms with E-state index in [9.17, 15) is 9.18 Å². The first-order valence-electron chi connectivity index (χ1n) is 9.70. The SMILES string of the molecule is CC(C)(C)OC(=O)N1[C@@H]2CC[C@H]1CC(OCCCc1ccccc1F)C2. The molecule has 2 bridgehead atoms. The van der Waals surface area contributed by atoms with Gasteiger partial charge in [0.05, 0.1) is 6.10 Å². The molecule has 2 aliphatic rings. The molecule has 26 heavy (non-hydrogen) atoms. The van der Waals surface area contributed by atoms with Crippen LogP contribution >= 0.6 is 0 Å². The second-order valence-corrected chi connectivity index (χ2v) is 8.43. The maximum absolute atomic E-state index is 13.6. The van der Waals surface area contributed by atoms with Gasteiger partial charge in [-0.15, -0.1) is 0 Å². The van der Waals surface area contributed by atoms with Crippen molar-refractivity contribution < 1.29 is 18.7 Å². The smallest absolute Gasteiger partial charge is 0.410 e. The summed E-state index contributed by atoms with van der Waals surface area (Å²) in [6.45, 7) is 6.33. The molecule has 2 fully saturated rings. The molecule has 4 nitrogen and oxygen atoms in total. The first-order chi connectivity index (χ1) is 12.3. The molecule has 5 heteroatoms. The maximum Gasteiger partial charge on any atom is 0.410 e. The molecule has 3 rings (SSSR count). The monoisotopic (exact) mass is 363 g/mol. The van der Waals surface area contributed by atoms with Crippen molar-refractivity contribution in [1.29, 1.82) is 0 Å². The highest BCUT2D eigenvalue weighted by Gasteiger charge is 2.45. The van der Waals surface area contributed by atoms with E-state index in [-0.39, 0.29) is 30.1 Å². The Morgan fingerprint density at radius 2 is 1.85 bits per heavy atom. The van der Waals surface area contributed by atoms with Gasteiger partial charge in [0, 0.05) is 18.7 Å². The van der Waals surface area contributed by atoms with Crippen LogP contribution in [-0.2, 0) is 15.9 Å². The summed E-state index contributed by atoms with van der Waals surface area (Å²) in [5, 5.41) is 0. The van der Waals surface area contributed by atoms with Crippen molar-refractivity contribution in [3.63, 3.8) is 0 Å². The van der Waals surface area contributed by atoms with E-state index in [1.807, 2.05) is 37.8 Å². The zero-order valence-corrected chi connectivity index (χ0v) is 16.0. The molecular formula is C21H30FNO3. The van der Waals surface area contributed by atoms with Crippen molar-refractivity contribution >= 4 is 6.09 Å². The van der Waals surface area contributed by atoms with E-state index in [1.54, 1.807) is 6.07 Å². The lowest BCUT2D eigenvalue weighted by Crippen LogP contribution is -2.50. The number of aryl methyl sites for hydroxylation is 1. The van der Waals surface area contributed by atoms with Crippen LogP contribution in [0, 0.1) is 5.82 Å². The fourth-order valence-electron chi connectivity index (χ4n) is 4.09. The van der Waals surface area contributed by atoms with Crippen LogP contribution in [0.3, 0.4) is 0 Å². The summed E-state index contributed by atoms with van der Waals surface area (Å²) < 4.78 is 25.2. The number of piperidine rings is 1. The van der Waals surface area contributed by atoms with Crippen LogP contribution < -0.4 is 0 Å². The Hall–Kier alpha value is -1.62. The van der Waals surface area contributed by atoms with E-state index in [1.165, 1.54) is 6.07 Å². The fourth-order valence-corrected chi connectivity index (χ4v) is 4.09. The molecule has 2 heterocycles. The Morgan fingerprint density at radius 1 is 1.19 bits per heavy atom. The van der Waals surface area contributed by atoms with E-state index in [0.29, 0.717) is 13.0 Å². The van der Waals surface area contributed by atoms with E-state index < -0.39 is 5.60 Å². The van der Waals surface area contributed by atoms with E-state index in [4.69, 9.17) is 9.47 Å². The first kappa shape index (κ1) is 19.2. The number of fused-ring (bicyclic) bond motifs is 2. The number of hydrogen-bond acceptors (Lipinski definition) is 3. The van der Waals surface area contributed by atoms with Crippen molar-refractivity contribution in [2.45, 2.75) is 83.1 Å². The van der Waals surface area contributed by atoms with Gasteiger partial charge < -0.3 is 14.4 Å². The van der Waals surface area contributed by atoms with Crippen LogP contribution in [0.2, 0.25) is 0 Å². The van der Waals surface area contributed by atoms with Gasteiger partial charge in [0.15, 0.2) is 0 Å². The van der Waals surface area contributed by atoms with Crippen LogP contribution in [0.1, 0.15) is 58.4 Å². The average Bonchev–Trinajstić information content (AvgIpc) is 2.83. The van der Waals surface area contributed by atoms with Crippen molar-refractivity contribution in [3.8, 4) is 0 Å². The van der Waals surface area contributed by atoms with Crippen molar-refractivity contribution in [2.24, 2.45) is 0 Å². The van der Waals surface area contributed by atoms with Gasteiger partial charge in [-0.25, -0.2) is 9.18 Å². The summed E-state index contributed by atoms with van der Waals surface area (Å²) in [6.07, 6.45) is 5.29. The molecule has 144 valence electrons. The average molecular weight is 363 g/mol. The molecule has 1 aromatic carbocycles. The zero-order valence-electron chi connectivity index (χ0n) is 16.0. The molecule has 0 spiro atoms. The van der Waals surface area contributed by atoms with Gasteiger partial charge in [0.2, 0.25) is 0 Å². The Bertz CT molecular complexity index is 614. The maximum atomic E-state index is 13.6.